The van der Waals surface area contributed by atoms with Crippen LogP contribution in [0.2, 0.25) is 0 Å². The maximum atomic E-state index is 13.3. The van der Waals surface area contributed by atoms with Crippen LogP contribution in [0.4, 0.5) is 17.3 Å². The molecule has 1 fully saturated rings. The average molecular weight is 286 g/mol. The minimum absolute atomic E-state index is 0. The summed E-state index contributed by atoms with van der Waals surface area (Å²) in [6.45, 7) is -5.11. The van der Waals surface area contributed by atoms with E-state index in [1.807, 2.05) is 0 Å². The van der Waals surface area contributed by atoms with Gasteiger partial charge < -0.3 is 17.7 Å². The zero-order valence-electron chi connectivity index (χ0n) is 10.1. The van der Waals surface area contributed by atoms with Gasteiger partial charge in [0.2, 0.25) is 0 Å². The monoisotopic (exact) mass is 286 g/mol. The van der Waals surface area contributed by atoms with Crippen LogP contribution >= 0.6 is 0 Å². The van der Waals surface area contributed by atoms with E-state index in [0.717, 1.165) is 43.9 Å². The van der Waals surface area contributed by atoms with Crippen LogP contribution in [-0.4, -0.2) is 13.1 Å². The number of hydrogen-bond acceptors (Lipinski definition) is 1. The third-order valence-electron chi connectivity index (χ3n) is 2.93. The third-order valence-corrected chi connectivity index (χ3v) is 2.93. The zero-order chi connectivity index (χ0) is 12.5. The molecule has 0 unspecified atom stereocenters. The van der Waals surface area contributed by atoms with Crippen LogP contribution in [0.25, 0.3) is 0 Å². The molecule has 1 aromatic rings. The van der Waals surface area contributed by atoms with Crippen molar-refractivity contribution in [2.75, 3.05) is 0 Å². The molecule has 0 atom stereocenters. The fourth-order valence-corrected chi connectivity index (χ4v) is 2.00. The van der Waals surface area contributed by atoms with Gasteiger partial charge in [-0.05, 0) is 37.8 Å². The van der Waals surface area contributed by atoms with Gasteiger partial charge in [-0.15, -0.1) is 5.46 Å². The molecule has 0 saturated heterocycles. The molecule has 18 heavy (non-hydrogen) atoms. The molecule has 0 amide bonds. The van der Waals surface area contributed by atoms with E-state index < -0.39 is 18.3 Å². The first kappa shape index (κ1) is 16.5. The van der Waals surface area contributed by atoms with Crippen molar-refractivity contribution in [3.8, 4) is 5.75 Å². The summed E-state index contributed by atoms with van der Waals surface area (Å²) in [5, 5.41) is 0. The summed E-state index contributed by atoms with van der Waals surface area (Å²) in [4.78, 5) is 0. The van der Waals surface area contributed by atoms with E-state index >= 15 is 0 Å². The maximum Gasteiger partial charge on any atom is 1.00 e. The van der Waals surface area contributed by atoms with Crippen LogP contribution in [0.3, 0.4) is 0 Å². The van der Waals surface area contributed by atoms with E-state index in [1.54, 1.807) is 0 Å². The molecule has 0 N–H and O–H groups in total. The van der Waals surface area contributed by atoms with Crippen molar-refractivity contribution in [3.63, 3.8) is 0 Å². The van der Waals surface area contributed by atoms with Crippen LogP contribution in [0.15, 0.2) is 18.2 Å². The molecule has 0 aliphatic heterocycles. The van der Waals surface area contributed by atoms with Gasteiger partial charge in [0, 0.05) is 0 Å². The SMILES string of the molecule is Fc1ccc([B-](F)(F)F)cc1OC1CCCC1.[K+]. The van der Waals surface area contributed by atoms with Gasteiger partial charge in [0.05, 0.1) is 6.10 Å². The molecule has 2 rings (SSSR count). The largest absolute Gasteiger partial charge is 1.00 e. The molecule has 1 aromatic carbocycles. The van der Waals surface area contributed by atoms with Crippen molar-refractivity contribution in [1.29, 1.82) is 0 Å². The Morgan fingerprint density at radius 1 is 1.11 bits per heavy atom. The summed E-state index contributed by atoms with van der Waals surface area (Å²) >= 11 is 0. The van der Waals surface area contributed by atoms with Crippen LogP contribution in [0.5, 0.6) is 5.75 Å². The van der Waals surface area contributed by atoms with Crippen molar-refractivity contribution >= 4 is 12.4 Å². The zero-order valence-corrected chi connectivity index (χ0v) is 13.3. The Morgan fingerprint density at radius 3 is 2.28 bits per heavy atom. The second-order valence-electron chi connectivity index (χ2n) is 4.29. The number of rotatable bonds is 3. The van der Waals surface area contributed by atoms with Crippen LogP contribution in [-0.2, 0) is 0 Å². The normalized spacial score (nSPS) is 16.4. The fourth-order valence-electron chi connectivity index (χ4n) is 2.00. The van der Waals surface area contributed by atoms with E-state index in [2.05, 4.69) is 0 Å². The molecule has 1 aliphatic rings. The molecule has 0 spiro atoms. The van der Waals surface area contributed by atoms with Gasteiger partial charge in [-0.3, -0.25) is 0 Å². The summed E-state index contributed by atoms with van der Waals surface area (Å²) in [5.41, 5.74) is -0.820. The molecule has 1 saturated carbocycles. The molecule has 0 heterocycles. The smallest absolute Gasteiger partial charge is 0.487 e. The summed E-state index contributed by atoms with van der Waals surface area (Å²) in [5.74, 6) is -1.02. The average Bonchev–Trinajstić information content (AvgIpc) is 2.72. The second kappa shape index (κ2) is 6.74. The quantitative estimate of drug-likeness (QED) is 0.570. The van der Waals surface area contributed by atoms with Crippen molar-refractivity contribution in [2.24, 2.45) is 0 Å². The van der Waals surface area contributed by atoms with E-state index in [-0.39, 0.29) is 63.2 Å². The van der Waals surface area contributed by atoms with Gasteiger partial charge in [-0.2, -0.15) is 0 Å². The Hall–Kier alpha value is 0.441. The first-order valence-electron chi connectivity index (χ1n) is 5.63. The van der Waals surface area contributed by atoms with E-state index in [1.165, 1.54) is 0 Å². The first-order chi connectivity index (χ1) is 7.97. The Kier molecular flexibility index (Phi) is 6.18. The van der Waals surface area contributed by atoms with Crippen molar-refractivity contribution in [1.82, 2.24) is 0 Å². The summed E-state index contributed by atoms with van der Waals surface area (Å²) in [6.07, 6.45) is 3.37. The second-order valence-corrected chi connectivity index (χ2v) is 4.29. The van der Waals surface area contributed by atoms with Gasteiger partial charge in [0.25, 0.3) is 0 Å². The summed E-state index contributed by atoms with van der Waals surface area (Å²) < 4.78 is 56.1. The van der Waals surface area contributed by atoms with Gasteiger partial charge in [-0.25, -0.2) is 4.39 Å². The van der Waals surface area contributed by atoms with Crippen molar-refractivity contribution in [2.45, 2.75) is 31.8 Å². The number of benzene rings is 1. The molecule has 7 heteroatoms. The number of halogens is 4. The predicted octanol–water partition coefficient (Wildman–Crippen LogP) is 0.205. The van der Waals surface area contributed by atoms with Crippen molar-refractivity contribution in [3.05, 3.63) is 24.0 Å². The Bertz CT molecular complexity index is 405. The molecule has 94 valence electrons. The summed E-state index contributed by atoms with van der Waals surface area (Å²) in [6, 6.07) is 2.32. The van der Waals surface area contributed by atoms with Gasteiger partial charge in [0.15, 0.2) is 11.6 Å². The van der Waals surface area contributed by atoms with E-state index in [4.69, 9.17) is 4.74 Å². The van der Waals surface area contributed by atoms with Crippen LogP contribution < -0.4 is 61.6 Å². The topological polar surface area (TPSA) is 9.23 Å². The predicted molar refractivity (Wildman–Crippen MR) is 58.0 cm³/mol. The molecular formula is C11H12BF4KO. The molecule has 0 aromatic heterocycles. The first-order valence-corrected chi connectivity index (χ1v) is 5.63. The minimum atomic E-state index is -5.11. The Labute approximate surface area is 146 Å². The molecule has 1 nitrogen and oxygen atoms in total. The van der Waals surface area contributed by atoms with Gasteiger partial charge in [-0.1, -0.05) is 6.07 Å². The fraction of sp³-hybridized carbons (Fsp3) is 0.455. The van der Waals surface area contributed by atoms with Crippen molar-refractivity contribution < 1.29 is 73.5 Å². The Morgan fingerprint density at radius 2 is 1.72 bits per heavy atom. The summed E-state index contributed by atoms with van der Waals surface area (Å²) in [7, 11) is 0. The molecule has 1 aliphatic carbocycles. The maximum absolute atomic E-state index is 13.3. The van der Waals surface area contributed by atoms with Gasteiger partial charge in [0.1, 0.15) is 0 Å². The van der Waals surface area contributed by atoms with E-state index in [0.29, 0.717) is 0 Å². The molecule has 0 bridgehead atoms. The number of hydrogen-bond donors (Lipinski definition) is 0. The standard InChI is InChI=1S/C11H12BF4O.K/c13-10-6-5-8(12(14,15)16)7-11(10)17-9-3-1-2-4-9;/h5-7,9H,1-4H2;/q-1;+1. The van der Waals surface area contributed by atoms with Gasteiger partial charge >= 0.3 is 58.4 Å². The number of ether oxygens (including phenoxy) is 1. The van der Waals surface area contributed by atoms with Crippen LogP contribution in [0, 0.1) is 5.82 Å². The van der Waals surface area contributed by atoms with Crippen LogP contribution in [0.1, 0.15) is 25.7 Å². The molecule has 0 radical (unpaired) electrons. The Balaban J connectivity index is 0.00000162. The molecular weight excluding hydrogens is 274 g/mol. The third kappa shape index (κ3) is 4.23. The minimum Gasteiger partial charge on any atom is -0.487 e. The van der Waals surface area contributed by atoms with E-state index in [9.17, 15) is 17.3 Å².